The van der Waals surface area contributed by atoms with Crippen LogP contribution in [0.1, 0.15) is 6.42 Å². The smallest absolute Gasteiger partial charge is 0.158 e. The number of halogens is 1. The van der Waals surface area contributed by atoms with E-state index in [0.29, 0.717) is 0 Å². The van der Waals surface area contributed by atoms with Gasteiger partial charge in [-0.2, -0.15) is 5.10 Å². The first kappa shape index (κ1) is 11.7. The lowest BCUT2D eigenvalue weighted by Gasteiger charge is -2.09. The standard InChI is InChI=1S/C13H14BrN3O/c14-10-2-1-3-11(6-10)17-9-13(8-16-17)18-12-4-5-15-7-12/h1-3,6,8-9,12,15H,4-5,7H2. The van der Waals surface area contributed by atoms with Crippen molar-refractivity contribution in [3.63, 3.8) is 0 Å². The fourth-order valence-corrected chi connectivity index (χ4v) is 2.44. The van der Waals surface area contributed by atoms with Crippen molar-refractivity contribution in [1.82, 2.24) is 15.1 Å². The highest BCUT2D eigenvalue weighted by atomic mass is 79.9. The lowest BCUT2D eigenvalue weighted by Crippen LogP contribution is -2.19. The van der Waals surface area contributed by atoms with Crippen LogP contribution in [0.4, 0.5) is 0 Å². The van der Waals surface area contributed by atoms with Gasteiger partial charge in [0, 0.05) is 11.0 Å². The Morgan fingerprint density at radius 3 is 3.17 bits per heavy atom. The van der Waals surface area contributed by atoms with E-state index >= 15 is 0 Å². The molecule has 1 atom stereocenters. The van der Waals surface area contributed by atoms with E-state index in [1.165, 1.54) is 0 Å². The number of nitrogens with one attached hydrogen (secondary N) is 1. The van der Waals surface area contributed by atoms with E-state index in [1.807, 2.05) is 35.1 Å². The molecule has 0 bridgehead atoms. The second-order valence-corrected chi connectivity index (χ2v) is 5.25. The lowest BCUT2D eigenvalue weighted by atomic mass is 10.3. The van der Waals surface area contributed by atoms with Gasteiger partial charge < -0.3 is 10.1 Å². The van der Waals surface area contributed by atoms with Crippen LogP contribution in [0.15, 0.2) is 41.1 Å². The number of benzene rings is 1. The van der Waals surface area contributed by atoms with Gasteiger partial charge in [-0.1, -0.05) is 22.0 Å². The normalized spacial score (nSPS) is 19.1. The van der Waals surface area contributed by atoms with Crippen molar-refractivity contribution in [2.45, 2.75) is 12.5 Å². The van der Waals surface area contributed by atoms with Crippen LogP contribution < -0.4 is 10.1 Å². The molecule has 0 radical (unpaired) electrons. The zero-order valence-electron chi connectivity index (χ0n) is 9.84. The topological polar surface area (TPSA) is 39.1 Å². The zero-order valence-corrected chi connectivity index (χ0v) is 11.4. The molecule has 3 rings (SSSR count). The highest BCUT2D eigenvalue weighted by Crippen LogP contribution is 2.19. The van der Waals surface area contributed by atoms with Crippen LogP contribution in [0.5, 0.6) is 5.75 Å². The van der Waals surface area contributed by atoms with Crippen LogP contribution in [0, 0.1) is 0 Å². The SMILES string of the molecule is Brc1cccc(-n2cc(OC3CCNC3)cn2)c1. The van der Waals surface area contributed by atoms with E-state index in [-0.39, 0.29) is 6.10 Å². The molecule has 0 saturated carbocycles. The summed E-state index contributed by atoms with van der Waals surface area (Å²) in [6.45, 7) is 1.95. The fourth-order valence-electron chi connectivity index (χ4n) is 2.05. The second-order valence-electron chi connectivity index (χ2n) is 4.33. The predicted octanol–water partition coefficient (Wildman–Crippen LogP) is 2.38. The Morgan fingerprint density at radius 1 is 1.44 bits per heavy atom. The molecule has 2 aromatic rings. The molecular formula is C13H14BrN3O. The van der Waals surface area contributed by atoms with Crippen LogP contribution >= 0.6 is 15.9 Å². The maximum Gasteiger partial charge on any atom is 0.158 e. The molecule has 5 heteroatoms. The number of hydrogen-bond acceptors (Lipinski definition) is 3. The van der Waals surface area contributed by atoms with Crippen LogP contribution in [0.2, 0.25) is 0 Å². The fraction of sp³-hybridized carbons (Fsp3) is 0.308. The van der Waals surface area contributed by atoms with Crippen molar-refractivity contribution in [2.24, 2.45) is 0 Å². The molecular weight excluding hydrogens is 294 g/mol. The molecule has 4 nitrogen and oxygen atoms in total. The Bertz CT molecular complexity index is 535. The van der Waals surface area contributed by atoms with Gasteiger partial charge in [-0.05, 0) is 31.2 Å². The van der Waals surface area contributed by atoms with Gasteiger partial charge in [0.15, 0.2) is 5.75 Å². The van der Waals surface area contributed by atoms with Crippen molar-refractivity contribution >= 4 is 15.9 Å². The summed E-state index contributed by atoms with van der Waals surface area (Å²) in [5.74, 6) is 0.823. The Morgan fingerprint density at radius 2 is 2.39 bits per heavy atom. The van der Waals surface area contributed by atoms with Gasteiger partial charge in [0.25, 0.3) is 0 Å². The van der Waals surface area contributed by atoms with Gasteiger partial charge in [-0.15, -0.1) is 0 Å². The number of aromatic nitrogens is 2. The summed E-state index contributed by atoms with van der Waals surface area (Å²) < 4.78 is 8.71. The summed E-state index contributed by atoms with van der Waals surface area (Å²) >= 11 is 3.46. The number of ether oxygens (including phenoxy) is 1. The van der Waals surface area contributed by atoms with Gasteiger partial charge in [-0.25, -0.2) is 4.68 Å². The van der Waals surface area contributed by atoms with E-state index in [9.17, 15) is 0 Å². The maximum atomic E-state index is 5.85. The third-order valence-electron chi connectivity index (χ3n) is 2.95. The average Bonchev–Trinajstić information content (AvgIpc) is 3.01. The van der Waals surface area contributed by atoms with Crippen molar-refractivity contribution < 1.29 is 4.74 Å². The quantitative estimate of drug-likeness (QED) is 0.946. The first-order chi connectivity index (χ1) is 8.81. The van der Waals surface area contributed by atoms with Crippen LogP contribution in [-0.2, 0) is 0 Å². The molecule has 0 spiro atoms. The average molecular weight is 308 g/mol. The van der Waals surface area contributed by atoms with Crippen molar-refractivity contribution in [3.8, 4) is 11.4 Å². The third-order valence-corrected chi connectivity index (χ3v) is 3.44. The first-order valence-electron chi connectivity index (χ1n) is 5.99. The Balaban J connectivity index is 1.76. The van der Waals surface area contributed by atoms with Gasteiger partial charge in [-0.3, -0.25) is 0 Å². The first-order valence-corrected chi connectivity index (χ1v) is 6.78. The molecule has 1 saturated heterocycles. The molecule has 1 N–H and O–H groups in total. The number of hydrogen-bond donors (Lipinski definition) is 1. The molecule has 1 aromatic heterocycles. The minimum Gasteiger partial charge on any atom is -0.486 e. The van der Waals surface area contributed by atoms with E-state index in [0.717, 1.165) is 35.4 Å². The van der Waals surface area contributed by atoms with Crippen LogP contribution in [-0.4, -0.2) is 29.0 Å². The molecule has 0 aliphatic carbocycles. The van der Waals surface area contributed by atoms with Gasteiger partial charge in [0.2, 0.25) is 0 Å². The highest BCUT2D eigenvalue weighted by Gasteiger charge is 2.16. The number of rotatable bonds is 3. The zero-order chi connectivity index (χ0) is 12.4. The van der Waals surface area contributed by atoms with Crippen molar-refractivity contribution in [3.05, 3.63) is 41.1 Å². The molecule has 1 aliphatic rings. The lowest BCUT2D eigenvalue weighted by molar-refractivity contribution is 0.223. The molecule has 1 aliphatic heterocycles. The summed E-state index contributed by atoms with van der Waals surface area (Å²) in [4.78, 5) is 0. The molecule has 94 valence electrons. The van der Waals surface area contributed by atoms with E-state index in [1.54, 1.807) is 6.20 Å². The molecule has 1 aromatic carbocycles. The molecule has 18 heavy (non-hydrogen) atoms. The summed E-state index contributed by atoms with van der Waals surface area (Å²) in [6.07, 6.45) is 5.01. The van der Waals surface area contributed by atoms with E-state index in [2.05, 4.69) is 26.3 Å². The summed E-state index contributed by atoms with van der Waals surface area (Å²) in [5, 5.41) is 7.60. The molecule has 0 amide bonds. The van der Waals surface area contributed by atoms with E-state index in [4.69, 9.17) is 4.74 Å². The summed E-state index contributed by atoms with van der Waals surface area (Å²) in [6, 6.07) is 8.02. The van der Waals surface area contributed by atoms with Crippen LogP contribution in [0.25, 0.3) is 5.69 Å². The second kappa shape index (κ2) is 5.12. The third kappa shape index (κ3) is 2.57. The van der Waals surface area contributed by atoms with E-state index < -0.39 is 0 Å². The van der Waals surface area contributed by atoms with Crippen molar-refractivity contribution in [2.75, 3.05) is 13.1 Å². The summed E-state index contributed by atoms with van der Waals surface area (Å²) in [5.41, 5.74) is 1.02. The molecule has 1 unspecified atom stereocenters. The van der Waals surface area contributed by atoms with Gasteiger partial charge >= 0.3 is 0 Å². The van der Waals surface area contributed by atoms with Gasteiger partial charge in [0.1, 0.15) is 6.10 Å². The number of nitrogens with zero attached hydrogens (tertiary/aromatic N) is 2. The predicted molar refractivity (Wildman–Crippen MR) is 73.2 cm³/mol. The Hall–Kier alpha value is -1.33. The molecule has 2 heterocycles. The van der Waals surface area contributed by atoms with Crippen LogP contribution in [0.3, 0.4) is 0 Å². The largest absolute Gasteiger partial charge is 0.486 e. The maximum absolute atomic E-state index is 5.85. The minimum absolute atomic E-state index is 0.269. The summed E-state index contributed by atoms with van der Waals surface area (Å²) in [7, 11) is 0. The minimum atomic E-state index is 0.269. The monoisotopic (exact) mass is 307 g/mol. The molecule has 1 fully saturated rings. The van der Waals surface area contributed by atoms with Gasteiger partial charge in [0.05, 0.1) is 18.1 Å². The highest BCUT2D eigenvalue weighted by molar-refractivity contribution is 9.10. The Labute approximate surface area is 114 Å². The Kier molecular flexibility index (Phi) is 3.34. The van der Waals surface area contributed by atoms with Crippen molar-refractivity contribution in [1.29, 1.82) is 0 Å².